The molecule has 2 aromatic carbocycles. The predicted molar refractivity (Wildman–Crippen MR) is 102 cm³/mol. The van der Waals surface area contributed by atoms with E-state index in [-0.39, 0.29) is 13.2 Å². The molecule has 2 heterocycles. The Morgan fingerprint density at radius 2 is 0.971 bits per heavy atom. The van der Waals surface area contributed by atoms with Crippen LogP contribution in [0.4, 0.5) is 26.3 Å². The van der Waals surface area contributed by atoms with Gasteiger partial charge < -0.3 is 18.9 Å². The van der Waals surface area contributed by atoms with E-state index >= 15 is 0 Å². The van der Waals surface area contributed by atoms with Crippen molar-refractivity contribution in [3.63, 3.8) is 0 Å². The van der Waals surface area contributed by atoms with Crippen LogP contribution in [0.3, 0.4) is 0 Å². The van der Waals surface area contributed by atoms with Crippen molar-refractivity contribution in [2.45, 2.75) is 36.8 Å². The molecule has 0 saturated carbocycles. The van der Waals surface area contributed by atoms with Crippen molar-refractivity contribution in [1.29, 1.82) is 0 Å². The van der Waals surface area contributed by atoms with E-state index in [4.69, 9.17) is 0 Å². The lowest BCUT2D eigenvalue weighted by Gasteiger charge is -2.14. The van der Waals surface area contributed by atoms with Crippen LogP contribution in [-0.4, -0.2) is 48.7 Å². The van der Waals surface area contributed by atoms with E-state index in [9.17, 15) is 35.9 Å². The molecule has 0 aromatic heterocycles. The fraction of sp³-hybridized carbons (Fsp3) is 0.364. The molecule has 0 radical (unpaired) electrons. The zero-order valence-electron chi connectivity index (χ0n) is 17.3. The Hall–Kier alpha value is -3.12. The van der Waals surface area contributed by atoms with E-state index in [1.165, 1.54) is 0 Å². The van der Waals surface area contributed by atoms with Gasteiger partial charge in [-0.15, -0.1) is 0 Å². The summed E-state index contributed by atoms with van der Waals surface area (Å²) < 4.78 is 92.3. The summed E-state index contributed by atoms with van der Waals surface area (Å²) in [5.41, 5.74) is -4.22. The van der Waals surface area contributed by atoms with Gasteiger partial charge in [-0.3, -0.25) is 0 Å². The number of carbonyl (C=O) groups excluding carboxylic acids is 2. The Labute approximate surface area is 189 Å². The highest BCUT2D eigenvalue weighted by atomic mass is 19.4. The molecule has 12 heteroatoms. The maximum atomic E-state index is 12.4. The summed E-state index contributed by atoms with van der Waals surface area (Å²) in [5.74, 6) is -2.76. The first-order chi connectivity index (χ1) is 15.9. The van der Waals surface area contributed by atoms with Gasteiger partial charge in [-0.1, -0.05) is 60.7 Å². The van der Waals surface area contributed by atoms with Gasteiger partial charge in [0, 0.05) is 0 Å². The van der Waals surface area contributed by atoms with Crippen LogP contribution in [0, 0.1) is 0 Å². The van der Waals surface area contributed by atoms with E-state index in [0.717, 1.165) is 0 Å². The highest BCUT2D eigenvalue weighted by molar-refractivity contribution is 5.84. The number of alkyl halides is 6. The molecule has 184 valence electrons. The number of carbonyl (C=O) groups is 2. The third-order valence-electron chi connectivity index (χ3n) is 4.87. The molecule has 34 heavy (non-hydrogen) atoms. The maximum absolute atomic E-state index is 12.4. The van der Waals surface area contributed by atoms with Gasteiger partial charge in [0.25, 0.3) is 11.2 Å². The maximum Gasteiger partial charge on any atom is 0.430 e. The second-order valence-electron chi connectivity index (χ2n) is 7.35. The van der Waals surface area contributed by atoms with E-state index in [0.29, 0.717) is 11.1 Å². The Kier molecular flexibility index (Phi) is 7.22. The van der Waals surface area contributed by atoms with E-state index in [1.807, 2.05) is 0 Å². The van der Waals surface area contributed by atoms with Gasteiger partial charge in [-0.2, -0.15) is 26.3 Å². The molecule has 0 aliphatic carbocycles. The predicted octanol–water partition coefficient (Wildman–Crippen LogP) is 4.12. The lowest BCUT2D eigenvalue weighted by molar-refractivity contribution is -0.205. The quantitative estimate of drug-likeness (QED) is 0.343. The number of epoxide rings is 2. The minimum atomic E-state index is -4.72. The lowest BCUT2D eigenvalue weighted by Crippen LogP contribution is -2.41. The van der Waals surface area contributed by atoms with Crippen molar-refractivity contribution in [2.24, 2.45) is 0 Å². The van der Waals surface area contributed by atoms with Crippen LogP contribution in [0.1, 0.15) is 11.1 Å². The molecule has 4 rings (SSSR count). The number of ether oxygens (including phenoxy) is 4. The Morgan fingerprint density at radius 1 is 0.676 bits per heavy atom. The largest absolute Gasteiger partial charge is 0.458 e. The normalized spacial score (nSPS) is 23.2. The number of halogens is 6. The van der Waals surface area contributed by atoms with Crippen molar-refractivity contribution < 1.29 is 54.9 Å². The molecular formula is C22H18F6O6. The summed E-state index contributed by atoms with van der Waals surface area (Å²) >= 11 is 0. The Morgan fingerprint density at radius 3 is 1.21 bits per heavy atom. The van der Waals surface area contributed by atoms with Gasteiger partial charge in [-0.05, 0) is 11.1 Å². The van der Waals surface area contributed by atoms with Gasteiger partial charge in [0.1, 0.15) is 13.2 Å². The van der Waals surface area contributed by atoms with Gasteiger partial charge in [-0.25, -0.2) is 9.59 Å². The van der Waals surface area contributed by atoms with Crippen LogP contribution >= 0.6 is 0 Å². The Bertz CT molecular complexity index is 901. The second-order valence-corrected chi connectivity index (χ2v) is 7.35. The van der Waals surface area contributed by atoms with Crippen LogP contribution in [0.5, 0.6) is 0 Å². The molecule has 0 unspecified atom stereocenters. The molecular weight excluding hydrogens is 474 g/mol. The molecule has 0 N–H and O–H groups in total. The van der Waals surface area contributed by atoms with Gasteiger partial charge >= 0.3 is 24.3 Å². The van der Waals surface area contributed by atoms with Gasteiger partial charge in [0.05, 0.1) is 13.2 Å². The van der Waals surface area contributed by atoms with Crippen molar-refractivity contribution >= 4 is 11.9 Å². The number of hydrogen-bond acceptors (Lipinski definition) is 6. The van der Waals surface area contributed by atoms with E-state index in [1.54, 1.807) is 60.7 Å². The first-order valence-electron chi connectivity index (χ1n) is 9.75. The van der Waals surface area contributed by atoms with Gasteiger partial charge in [0.2, 0.25) is 0 Å². The van der Waals surface area contributed by atoms with Crippen LogP contribution in [0.15, 0.2) is 60.7 Å². The number of benzene rings is 2. The minimum absolute atomic E-state index is 0.194. The molecule has 2 fully saturated rings. The van der Waals surface area contributed by atoms with Gasteiger partial charge in [0.15, 0.2) is 0 Å². The molecule has 0 amide bonds. The number of rotatable bonds is 6. The number of esters is 2. The zero-order valence-corrected chi connectivity index (χ0v) is 17.3. The van der Waals surface area contributed by atoms with Crippen molar-refractivity contribution in [3.05, 3.63) is 71.8 Å². The average Bonchev–Trinajstić information content (AvgIpc) is 3.69. The van der Waals surface area contributed by atoms with Crippen LogP contribution < -0.4 is 0 Å². The average molecular weight is 492 g/mol. The molecule has 2 aliphatic rings. The fourth-order valence-electron chi connectivity index (χ4n) is 2.62. The highest BCUT2D eigenvalue weighted by Gasteiger charge is 2.73. The van der Waals surface area contributed by atoms with E-state index in [2.05, 4.69) is 18.9 Å². The topological polar surface area (TPSA) is 77.7 Å². The standard InChI is InChI=1S/2C11H9F3O3/c2*12-11(13,14)10(7-17-10)9(15)16-6-8-4-2-1-3-5-8/h2*1-5H,6-7H2/t2*10-/m10/s1. The van der Waals surface area contributed by atoms with Crippen molar-refractivity contribution in [2.75, 3.05) is 13.2 Å². The monoisotopic (exact) mass is 492 g/mol. The Balaban J connectivity index is 0.000000191. The molecule has 2 atom stereocenters. The summed E-state index contributed by atoms with van der Waals surface area (Å²) in [7, 11) is 0. The first-order valence-corrected chi connectivity index (χ1v) is 9.75. The highest BCUT2D eigenvalue weighted by Crippen LogP contribution is 2.45. The molecule has 6 nitrogen and oxygen atoms in total. The van der Waals surface area contributed by atoms with Crippen LogP contribution in [-0.2, 0) is 41.8 Å². The molecule has 0 bridgehead atoms. The summed E-state index contributed by atoms with van der Waals surface area (Å²) in [6.07, 6.45) is -9.44. The van der Waals surface area contributed by atoms with Crippen LogP contribution in [0.25, 0.3) is 0 Å². The third kappa shape index (κ3) is 5.68. The van der Waals surface area contributed by atoms with Crippen LogP contribution in [0.2, 0.25) is 0 Å². The molecule has 2 aromatic rings. The van der Waals surface area contributed by atoms with Crippen molar-refractivity contribution in [3.8, 4) is 0 Å². The minimum Gasteiger partial charge on any atom is -0.458 e. The van der Waals surface area contributed by atoms with E-state index < -0.39 is 48.7 Å². The summed E-state index contributed by atoms with van der Waals surface area (Å²) in [5, 5.41) is 0. The molecule has 0 spiro atoms. The summed E-state index contributed by atoms with van der Waals surface area (Å²) in [6, 6.07) is 16.9. The SMILES string of the molecule is O=C(OCc1ccccc1)[C@@]1(C(F)(F)F)CO1.O=C(OCc1ccccc1)[C@]1(C(F)(F)F)CO1. The third-order valence-corrected chi connectivity index (χ3v) is 4.87. The first kappa shape index (κ1) is 25.5. The molecule has 2 saturated heterocycles. The van der Waals surface area contributed by atoms with Crippen molar-refractivity contribution in [1.82, 2.24) is 0 Å². The zero-order chi connectivity index (χ0) is 25.0. The fourth-order valence-corrected chi connectivity index (χ4v) is 2.62. The number of hydrogen-bond donors (Lipinski definition) is 0. The second kappa shape index (κ2) is 9.63. The summed E-state index contributed by atoms with van der Waals surface area (Å²) in [4.78, 5) is 22.6. The molecule has 2 aliphatic heterocycles. The lowest BCUT2D eigenvalue weighted by atomic mass is 10.1. The summed E-state index contributed by atoms with van der Waals surface area (Å²) in [6.45, 7) is -1.71. The smallest absolute Gasteiger partial charge is 0.430 e.